The van der Waals surface area contributed by atoms with E-state index in [2.05, 4.69) is 16.4 Å². The van der Waals surface area contributed by atoms with Crippen LogP contribution in [0.3, 0.4) is 0 Å². The zero-order valence-electron chi connectivity index (χ0n) is 15.4. The number of fused-ring (bicyclic) bond motifs is 1. The van der Waals surface area contributed by atoms with E-state index in [1.807, 2.05) is 6.07 Å². The van der Waals surface area contributed by atoms with Crippen LogP contribution in [-0.4, -0.2) is 54.4 Å². The standard InChI is InChI=1S/C18H28N4O2S/c1-4-22-17-10-9-15(25(23,24)20(2)3)13-16(17)19-18(22)14-21-11-7-5-6-8-12-21/h9-10,13H,4-8,11-12,14H2,1-3H3. The van der Waals surface area contributed by atoms with E-state index in [0.717, 1.165) is 43.0 Å². The van der Waals surface area contributed by atoms with E-state index >= 15 is 0 Å². The molecule has 1 saturated heterocycles. The van der Waals surface area contributed by atoms with Gasteiger partial charge < -0.3 is 4.57 Å². The first kappa shape index (κ1) is 18.4. The maximum absolute atomic E-state index is 12.4. The van der Waals surface area contributed by atoms with Gasteiger partial charge in [-0.15, -0.1) is 0 Å². The molecule has 2 aromatic rings. The number of benzene rings is 1. The lowest BCUT2D eigenvalue weighted by atomic mass is 10.2. The first-order chi connectivity index (χ1) is 11.9. The molecule has 1 aromatic heterocycles. The Hall–Kier alpha value is -1.44. The number of hydrogen-bond acceptors (Lipinski definition) is 4. The van der Waals surface area contributed by atoms with Crippen LogP contribution in [0.2, 0.25) is 0 Å². The van der Waals surface area contributed by atoms with E-state index in [9.17, 15) is 8.42 Å². The van der Waals surface area contributed by atoms with Crippen LogP contribution < -0.4 is 0 Å². The van der Waals surface area contributed by atoms with Crippen molar-refractivity contribution in [3.05, 3.63) is 24.0 Å². The van der Waals surface area contributed by atoms with Crippen molar-refractivity contribution in [1.82, 2.24) is 18.8 Å². The molecule has 0 atom stereocenters. The van der Waals surface area contributed by atoms with Crippen molar-refractivity contribution in [2.75, 3.05) is 27.2 Å². The largest absolute Gasteiger partial charge is 0.327 e. The summed E-state index contributed by atoms with van der Waals surface area (Å²) in [5.74, 6) is 1.03. The average Bonchev–Trinajstić information content (AvgIpc) is 2.73. The minimum atomic E-state index is -3.44. The van der Waals surface area contributed by atoms with Gasteiger partial charge in [0, 0.05) is 20.6 Å². The van der Waals surface area contributed by atoms with Crippen LogP contribution in [0.5, 0.6) is 0 Å². The molecule has 1 aliphatic heterocycles. The zero-order chi connectivity index (χ0) is 18.0. The molecule has 3 rings (SSSR count). The van der Waals surface area contributed by atoms with Gasteiger partial charge in [0.05, 0.1) is 22.5 Å². The fraction of sp³-hybridized carbons (Fsp3) is 0.611. The van der Waals surface area contributed by atoms with Crippen LogP contribution in [0.25, 0.3) is 11.0 Å². The molecule has 2 heterocycles. The molecule has 0 amide bonds. The Kier molecular flexibility index (Phi) is 5.46. The van der Waals surface area contributed by atoms with E-state index in [4.69, 9.17) is 4.98 Å². The minimum absolute atomic E-state index is 0.298. The van der Waals surface area contributed by atoms with Crippen molar-refractivity contribution in [3.8, 4) is 0 Å². The molecule has 0 radical (unpaired) electrons. The fourth-order valence-corrected chi connectivity index (χ4v) is 4.42. The molecule has 138 valence electrons. The van der Waals surface area contributed by atoms with Crippen LogP contribution in [-0.2, 0) is 23.1 Å². The van der Waals surface area contributed by atoms with Gasteiger partial charge in [-0.2, -0.15) is 0 Å². The Balaban J connectivity index is 1.96. The highest BCUT2D eigenvalue weighted by molar-refractivity contribution is 7.89. The summed E-state index contributed by atoms with van der Waals surface area (Å²) in [4.78, 5) is 7.55. The monoisotopic (exact) mass is 364 g/mol. The van der Waals surface area contributed by atoms with E-state index in [1.54, 1.807) is 26.2 Å². The fourth-order valence-electron chi connectivity index (χ4n) is 3.50. The molecule has 0 unspecified atom stereocenters. The van der Waals surface area contributed by atoms with Crippen molar-refractivity contribution in [3.63, 3.8) is 0 Å². The van der Waals surface area contributed by atoms with Gasteiger partial charge in [-0.1, -0.05) is 12.8 Å². The van der Waals surface area contributed by atoms with E-state index in [0.29, 0.717) is 4.90 Å². The maximum atomic E-state index is 12.4. The molecule has 6 nitrogen and oxygen atoms in total. The number of rotatable bonds is 5. The SMILES string of the molecule is CCn1c(CN2CCCCCC2)nc2cc(S(=O)(=O)N(C)C)ccc21. The summed E-state index contributed by atoms with van der Waals surface area (Å²) < 4.78 is 28.2. The van der Waals surface area contributed by atoms with Crippen molar-refractivity contribution in [2.45, 2.75) is 50.6 Å². The topological polar surface area (TPSA) is 58.4 Å². The molecule has 1 aromatic carbocycles. The average molecular weight is 365 g/mol. The number of hydrogen-bond donors (Lipinski definition) is 0. The second-order valence-electron chi connectivity index (χ2n) is 6.90. The smallest absolute Gasteiger partial charge is 0.242 e. The van der Waals surface area contributed by atoms with Crippen LogP contribution >= 0.6 is 0 Å². The van der Waals surface area contributed by atoms with Crippen molar-refractivity contribution in [1.29, 1.82) is 0 Å². The lowest BCUT2D eigenvalue weighted by molar-refractivity contribution is 0.267. The van der Waals surface area contributed by atoms with Gasteiger partial charge in [0.2, 0.25) is 10.0 Å². The van der Waals surface area contributed by atoms with Gasteiger partial charge >= 0.3 is 0 Å². The predicted molar refractivity (Wildman–Crippen MR) is 100 cm³/mol. The summed E-state index contributed by atoms with van der Waals surface area (Å²) in [5.41, 5.74) is 1.76. The van der Waals surface area contributed by atoms with Crippen LogP contribution in [0.1, 0.15) is 38.4 Å². The molecular weight excluding hydrogens is 336 g/mol. The lowest BCUT2D eigenvalue weighted by Gasteiger charge is -2.19. The third kappa shape index (κ3) is 3.73. The molecule has 0 saturated carbocycles. The van der Waals surface area contributed by atoms with E-state index in [1.165, 1.54) is 30.0 Å². The molecule has 1 fully saturated rings. The predicted octanol–water partition coefficient (Wildman–Crippen LogP) is 2.68. The molecule has 0 spiro atoms. The highest BCUT2D eigenvalue weighted by Gasteiger charge is 2.20. The van der Waals surface area contributed by atoms with Crippen molar-refractivity contribution >= 4 is 21.1 Å². The number of likely N-dealkylation sites (tertiary alicyclic amines) is 1. The van der Waals surface area contributed by atoms with Gasteiger partial charge in [0.25, 0.3) is 0 Å². The summed E-state index contributed by atoms with van der Waals surface area (Å²) in [6.45, 7) is 6.01. The number of imidazole rings is 1. The van der Waals surface area contributed by atoms with Gasteiger partial charge in [-0.05, 0) is 51.1 Å². The van der Waals surface area contributed by atoms with Gasteiger partial charge in [0.1, 0.15) is 5.82 Å². The third-order valence-electron chi connectivity index (χ3n) is 4.96. The Labute approximate surface area is 150 Å². The third-order valence-corrected chi connectivity index (χ3v) is 6.77. The number of sulfonamides is 1. The summed E-state index contributed by atoms with van der Waals surface area (Å²) in [5, 5.41) is 0. The first-order valence-corrected chi connectivity index (χ1v) is 10.5. The second-order valence-corrected chi connectivity index (χ2v) is 9.05. The highest BCUT2D eigenvalue weighted by Crippen LogP contribution is 2.23. The lowest BCUT2D eigenvalue weighted by Crippen LogP contribution is -2.25. The van der Waals surface area contributed by atoms with Gasteiger partial charge in [0.15, 0.2) is 0 Å². The molecule has 0 N–H and O–H groups in total. The Morgan fingerprint density at radius 1 is 1.12 bits per heavy atom. The van der Waals surface area contributed by atoms with Crippen LogP contribution in [0, 0.1) is 0 Å². The van der Waals surface area contributed by atoms with E-state index < -0.39 is 10.0 Å². The molecule has 25 heavy (non-hydrogen) atoms. The highest BCUT2D eigenvalue weighted by atomic mass is 32.2. The van der Waals surface area contributed by atoms with Gasteiger partial charge in [-0.25, -0.2) is 17.7 Å². The van der Waals surface area contributed by atoms with Crippen molar-refractivity contribution in [2.24, 2.45) is 0 Å². The van der Waals surface area contributed by atoms with Gasteiger partial charge in [-0.3, -0.25) is 4.90 Å². The van der Waals surface area contributed by atoms with E-state index in [-0.39, 0.29) is 0 Å². The van der Waals surface area contributed by atoms with Crippen LogP contribution in [0.15, 0.2) is 23.1 Å². The summed E-state index contributed by atoms with van der Waals surface area (Å²) in [6, 6.07) is 5.26. The minimum Gasteiger partial charge on any atom is -0.327 e. The normalized spacial score (nSPS) is 17.3. The Bertz CT molecular complexity index is 834. The molecule has 1 aliphatic rings. The summed E-state index contributed by atoms with van der Waals surface area (Å²) in [7, 11) is -0.336. The second kappa shape index (κ2) is 7.43. The Morgan fingerprint density at radius 2 is 1.80 bits per heavy atom. The maximum Gasteiger partial charge on any atom is 0.242 e. The number of aromatic nitrogens is 2. The first-order valence-electron chi connectivity index (χ1n) is 9.07. The molecule has 0 bridgehead atoms. The molecular formula is C18H28N4O2S. The number of nitrogens with zero attached hydrogens (tertiary/aromatic N) is 4. The van der Waals surface area contributed by atoms with Crippen LogP contribution in [0.4, 0.5) is 0 Å². The summed E-state index contributed by atoms with van der Waals surface area (Å²) in [6.07, 6.45) is 5.12. The van der Waals surface area contributed by atoms with Crippen molar-refractivity contribution < 1.29 is 8.42 Å². The zero-order valence-corrected chi connectivity index (χ0v) is 16.2. The quantitative estimate of drug-likeness (QED) is 0.818. The Morgan fingerprint density at radius 3 is 2.40 bits per heavy atom. The number of aryl methyl sites for hydroxylation is 1. The molecule has 7 heteroatoms. The molecule has 0 aliphatic carbocycles. The summed E-state index contributed by atoms with van der Waals surface area (Å²) >= 11 is 0.